The van der Waals surface area contributed by atoms with Gasteiger partial charge in [0.2, 0.25) is 10.0 Å². The van der Waals surface area contributed by atoms with Crippen molar-refractivity contribution in [2.45, 2.75) is 6.54 Å². The normalized spacial score (nSPS) is 12.2. The SMILES string of the molecule is CN(C)S(=O)(=O)CCn1cnc2cc(C(=O)O)ccc21. The largest absolute Gasteiger partial charge is 0.478 e. The Morgan fingerprint density at radius 1 is 1.40 bits per heavy atom. The molecule has 1 aromatic carbocycles. The highest BCUT2D eigenvalue weighted by molar-refractivity contribution is 7.89. The molecule has 8 heteroatoms. The Kier molecular flexibility index (Phi) is 3.78. The summed E-state index contributed by atoms with van der Waals surface area (Å²) in [5.41, 5.74) is 1.40. The Balaban J connectivity index is 2.27. The van der Waals surface area contributed by atoms with Gasteiger partial charge in [-0.05, 0) is 18.2 Å². The molecule has 108 valence electrons. The van der Waals surface area contributed by atoms with Crippen LogP contribution in [0.1, 0.15) is 10.4 Å². The van der Waals surface area contributed by atoms with Gasteiger partial charge in [-0.25, -0.2) is 22.5 Å². The van der Waals surface area contributed by atoms with Gasteiger partial charge in [-0.1, -0.05) is 0 Å². The molecule has 0 spiro atoms. The summed E-state index contributed by atoms with van der Waals surface area (Å²) in [6.45, 7) is 0.267. The first-order valence-electron chi connectivity index (χ1n) is 5.89. The summed E-state index contributed by atoms with van der Waals surface area (Å²) in [4.78, 5) is 15.0. The smallest absolute Gasteiger partial charge is 0.335 e. The number of fused-ring (bicyclic) bond motifs is 1. The fourth-order valence-electron chi connectivity index (χ4n) is 1.77. The van der Waals surface area contributed by atoms with Crippen LogP contribution in [0.3, 0.4) is 0 Å². The molecule has 0 aliphatic heterocycles. The van der Waals surface area contributed by atoms with Crippen molar-refractivity contribution in [1.82, 2.24) is 13.9 Å². The first-order chi connectivity index (χ1) is 9.31. The fraction of sp³-hybridized carbons (Fsp3) is 0.333. The Labute approximate surface area is 116 Å². The molecular weight excluding hydrogens is 282 g/mol. The van der Waals surface area contributed by atoms with Gasteiger partial charge in [0.25, 0.3) is 0 Å². The molecule has 20 heavy (non-hydrogen) atoms. The van der Waals surface area contributed by atoms with E-state index in [4.69, 9.17) is 5.11 Å². The predicted molar refractivity (Wildman–Crippen MR) is 74.2 cm³/mol. The molecule has 0 bridgehead atoms. The maximum absolute atomic E-state index is 11.7. The average Bonchev–Trinajstić information content (AvgIpc) is 2.78. The molecule has 0 saturated carbocycles. The molecule has 0 saturated heterocycles. The number of carbonyl (C=O) groups is 1. The summed E-state index contributed by atoms with van der Waals surface area (Å²) in [6, 6.07) is 4.58. The van der Waals surface area contributed by atoms with Crippen LogP contribution in [0.25, 0.3) is 11.0 Å². The average molecular weight is 297 g/mol. The molecule has 1 heterocycles. The lowest BCUT2D eigenvalue weighted by atomic mass is 10.2. The van der Waals surface area contributed by atoms with Crippen LogP contribution in [-0.4, -0.2) is 53.2 Å². The molecule has 0 fully saturated rings. The third-order valence-electron chi connectivity index (χ3n) is 3.01. The maximum Gasteiger partial charge on any atom is 0.335 e. The van der Waals surface area contributed by atoms with Gasteiger partial charge in [0.1, 0.15) is 0 Å². The molecule has 2 rings (SSSR count). The highest BCUT2D eigenvalue weighted by atomic mass is 32.2. The van der Waals surface area contributed by atoms with E-state index in [-0.39, 0.29) is 17.9 Å². The minimum atomic E-state index is -3.27. The topological polar surface area (TPSA) is 92.5 Å². The van der Waals surface area contributed by atoms with E-state index in [9.17, 15) is 13.2 Å². The molecule has 0 atom stereocenters. The minimum Gasteiger partial charge on any atom is -0.478 e. The van der Waals surface area contributed by atoms with Gasteiger partial charge in [-0.2, -0.15) is 0 Å². The van der Waals surface area contributed by atoms with E-state index in [0.717, 1.165) is 0 Å². The number of aromatic nitrogens is 2. The fourth-order valence-corrected chi connectivity index (χ4v) is 2.56. The minimum absolute atomic E-state index is 0.0356. The molecule has 0 amide bonds. The van der Waals surface area contributed by atoms with Crippen molar-refractivity contribution < 1.29 is 18.3 Å². The summed E-state index contributed by atoms with van der Waals surface area (Å²) in [5, 5.41) is 8.90. The van der Waals surface area contributed by atoms with Crippen molar-refractivity contribution in [2.24, 2.45) is 0 Å². The third kappa shape index (κ3) is 2.81. The van der Waals surface area contributed by atoms with Crippen LogP contribution in [0.5, 0.6) is 0 Å². The van der Waals surface area contributed by atoms with Gasteiger partial charge in [-0.15, -0.1) is 0 Å². The van der Waals surface area contributed by atoms with E-state index in [1.807, 2.05) is 0 Å². The number of hydrogen-bond donors (Lipinski definition) is 1. The van der Waals surface area contributed by atoms with Crippen LogP contribution in [0.2, 0.25) is 0 Å². The second kappa shape index (κ2) is 5.22. The zero-order valence-corrected chi connectivity index (χ0v) is 12.0. The van der Waals surface area contributed by atoms with Gasteiger partial charge in [0.05, 0.1) is 28.7 Å². The summed E-state index contributed by atoms with van der Waals surface area (Å²) < 4.78 is 26.3. The number of benzene rings is 1. The van der Waals surface area contributed by atoms with Crippen molar-refractivity contribution in [1.29, 1.82) is 0 Å². The number of rotatable bonds is 5. The van der Waals surface area contributed by atoms with Crippen molar-refractivity contribution in [3.05, 3.63) is 30.1 Å². The van der Waals surface area contributed by atoms with E-state index in [2.05, 4.69) is 4.98 Å². The monoisotopic (exact) mass is 297 g/mol. The molecule has 1 aromatic heterocycles. The number of imidazole rings is 1. The van der Waals surface area contributed by atoms with Gasteiger partial charge in [-0.3, -0.25) is 0 Å². The number of aryl methyl sites for hydroxylation is 1. The number of carboxylic acid groups (broad SMARTS) is 1. The van der Waals surface area contributed by atoms with Gasteiger partial charge in [0, 0.05) is 20.6 Å². The lowest BCUT2D eigenvalue weighted by molar-refractivity contribution is 0.0697. The number of nitrogens with zero attached hydrogens (tertiary/aromatic N) is 3. The molecular formula is C12H15N3O4S. The molecule has 2 aromatic rings. The van der Waals surface area contributed by atoms with Crippen LogP contribution in [0.4, 0.5) is 0 Å². The zero-order chi connectivity index (χ0) is 14.9. The lowest BCUT2D eigenvalue weighted by Crippen LogP contribution is -2.27. The van der Waals surface area contributed by atoms with Crippen LogP contribution in [-0.2, 0) is 16.6 Å². The first kappa shape index (κ1) is 14.5. The van der Waals surface area contributed by atoms with Crippen LogP contribution in [0, 0.1) is 0 Å². The molecule has 0 radical (unpaired) electrons. The second-order valence-electron chi connectivity index (χ2n) is 4.55. The number of hydrogen-bond acceptors (Lipinski definition) is 4. The van der Waals surface area contributed by atoms with E-state index in [0.29, 0.717) is 11.0 Å². The van der Waals surface area contributed by atoms with Gasteiger partial charge >= 0.3 is 5.97 Å². The van der Waals surface area contributed by atoms with Crippen molar-refractivity contribution in [2.75, 3.05) is 19.8 Å². The Hall–Kier alpha value is -1.93. The highest BCUT2D eigenvalue weighted by Gasteiger charge is 2.14. The maximum atomic E-state index is 11.7. The molecule has 0 aliphatic rings. The Morgan fingerprint density at radius 2 is 2.10 bits per heavy atom. The van der Waals surface area contributed by atoms with E-state index >= 15 is 0 Å². The van der Waals surface area contributed by atoms with Crippen molar-refractivity contribution >= 4 is 27.0 Å². The molecule has 0 aliphatic carbocycles. The molecule has 7 nitrogen and oxygen atoms in total. The summed E-state index contributed by atoms with van der Waals surface area (Å²) in [7, 11) is -0.301. The van der Waals surface area contributed by atoms with Gasteiger partial charge < -0.3 is 9.67 Å². The number of aromatic carboxylic acids is 1. The third-order valence-corrected chi connectivity index (χ3v) is 4.83. The van der Waals surface area contributed by atoms with Crippen LogP contribution in [0.15, 0.2) is 24.5 Å². The lowest BCUT2D eigenvalue weighted by Gasteiger charge is -2.11. The van der Waals surface area contributed by atoms with E-state index in [1.54, 1.807) is 10.6 Å². The standard InChI is InChI=1S/C12H15N3O4S/c1-14(2)20(18,19)6-5-15-8-13-10-7-9(12(16)17)3-4-11(10)15/h3-4,7-8H,5-6H2,1-2H3,(H,16,17). The quantitative estimate of drug-likeness (QED) is 0.873. The second-order valence-corrected chi connectivity index (χ2v) is 6.85. The van der Waals surface area contributed by atoms with Crippen LogP contribution < -0.4 is 0 Å². The number of sulfonamides is 1. The first-order valence-corrected chi connectivity index (χ1v) is 7.50. The number of carboxylic acids is 1. The Bertz CT molecular complexity index is 749. The van der Waals surface area contributed by atoms with Crippen molar-refractivity contribution in [3.63, 3.8) is 0 Å². The zero-order valence-electron chi connectivity index (χ0n) is 11.1. The summed E-state index contributed by atoms with van der Waals surface area (Å²) in [5.74, 6) is -1.05. The van der Waals surface area contributed by atoms with Crippen LogP contribution >= 0.6 is 0 Å². The highest BCUT2D eigenvalue weighted by Crippen LogP contribution is 2.15. The summed E-state index contributed by atoms with van der Waals surface area (Å²) in [6.07, 6.45) is 1.52. The predicted octanol–water partition coefficient (Wildman–Crippen LogP) is 0.626. The summed E-state index contributed by atoms with van der Waals surface area (Å²) >= 11 is 0. The Morgan fingerprint density at radius 3 is 2.70 bits per heavy atom. The van der Waals surface area contributed by atoms with E-state index in [1.165, 1.54) is 36.9 Å². The van der Waals surface area contributed by atoms with E-state index < -0.39 is 16.0 Å². The molecule has 1 N–H and O–H groups in total. The molecule has 0 unspecified atom stereocenters. The van der Waals surface area contributed by atoms with Crippen molar-refractivity contribution in [3.8, 4) is 0 Å². The van der Waals surface area contributed by atoms with Gasteiger partial charge in [0.15, 0.2) is 0 Å².